The van der Waals surface area contributed by atoms with E-state index in [4.69, 9.17) is 9.15 Å². The largest absolute Gasteiger partial charge is 0.472 e. The van der Waals surface area contributed by atoms with Crippen LogP contribution in [0.25, 0.3) is 0 Å². The summed E-state index contributed by atoms with van der Waals surface area (Å²) in [6.07, 6.45) is 7.12. The minimum atomic E-state index is 0.0620. The van der Waals surface area contributed by atoms with Crippen LogP contribution in [0.2, 0.25) is 0 Å². The number of imidazole rings is 1. The zero-order valence-electron chi connectivity index (χ0n) is 14.0. The number of aromatic nitrogens is 2. The molecule has 2 aliphatic rings. The van der Waals surface area contributed by atoms with Gasteiger partial charge >= 0.3 is 0 Å². The van der Waals surface area contributed by atoms with Crippen LogP contribution in [0.1, 0.15) is 40.6 Å². The van der Waals surface area contributed by atoms with Gasteiger partial charge in [0, 0.05) is 56.6 Å². The number of furan rings is 1. The molecule has 2 aromatic heterocycles. The lowest BCUT2D eigenvalue weighted by atomic mass is 9.96. The van der Waals surface area contributed by atoms with Crippen LogP contribution in [0.3, 0.4) is 0 Å². The Labute approximate surface area is 141 Å². The number of amides is 1. The van der Waals surface area contributed by atoms with E-state index in [-0.39, 0.29) is 5.91 Å². The molecule has 0 bridgehead atoms. The minimum absolute atomic E-state index is 0.0620. The van der Waals surface area contributed by atoms with Crippen LogP contribution in [-0.2, 0) is 11.3 Å². The Bertz CT molecular complexity index is 695. The normalized spacial score (nSPS) is 19.5. The molecule has 0 spiro atoms. The number of ether oxygens (including phenoxy) is 1. The van der Waals surface area contributed by atoms with Crippen molar-refractivity contribution in [2.45, 2.75) is 32.2 Å². The number of aryl methyl sites for hydroxylation is 1. The van der Waals surface area contributed by atoms with Gasteiger partial charge in [-0.15, -0.1) is 0 Å². The number of hydrogen-bond acceptors (Lipinski definition) is 4. The fourth-order valence-electron chi connectivity index (χ4n) is 3.68. The van der Waals surface area contributed by atoms with Crippen molar-refractivity contribution in [1.82, 2.24) is 14.5 Å². The number of nitrogens with zero attached hydrogens (tertiary/aromatic N) is 3. The van der Waals surface area contributed by atoms with Gasteiger partial charge in [-0.2, -0.15) is 0 Å². The lowest BCUT2D eigenvalue weighted by Crippen LogP contribution is -2.51. The van der Waals surface area contributed by atoms with Crippen LogP contribution in [0.4, 0.5) is 0 Å². The van der Waals surface area contributed by atoms with E-state index in [9.17, 15) is 4.79 Å². The van der Waals surface area contributed by atoms with E-state index in [0.29, 0.717) is 17.4 Å². The Morgan fingerprint density at radius 3 is 2.83 bits per heavy atom. The lowest BCUT2D eigenvalue weighted by molar-refractivity contribution is 0.0460. The molecule has 6 heteroatoms. The predicted molar refractivity (Wildman–Crippen MR) is 87.9 cm³/mol. The van der Waals surface area contributed by atoms with Crippen molar-refractivity contribution in [3.8, 4) is 0 Å². The molecule has 24 heavy (non-hydrogen) atoms. The van der Waals surface area contributed by atoms with Crippen LogP contribution in [0, 0.1) is 12.8 Å². The van der Waals surface area contributed by atoms with E-state index in [1.807, 2.05) is 11.1 Å². The zero-order chi connectivity index (χ0) is 16.5. The molecule has 2 aromatic rings. The maximum absolute atomic E-state index is 12.3. The second kappa shape index (κ2) is 6.43. The molecular formula is C18H23N3O3. The smallest absolute Gasteiger partial charge is 0.257 e. The third kappa shape index (κ3) is 2.86. The molecule has 0 aliphatic carbocycles. The summed E-state index contributed by atoms with van der Waals surface area (Å²) in [7, 11) is 0. The quantitative estimate of drug-likeness (QED) is 0.864. The van der Waals surface area contributed by atoms with Crippen LogP contribution in [0.15, 0.2) is 29.2 Å². The fraction of sp³-hybridized carbons (Fsp3) is 0.556. The van der Waals surface area contributed by atoms with Crippen molar-refractivity contribution >= 4 is 5.91 Å². The SMILES string of the molecule is Cc1cnc(C2CCOCC2)n1CC1CN(C(=O)c2ccoc2)C1. The Kier molecular flexibility index (Phi) is 4.14. The molecule has 0 saturated carbocycles. The van der Waals surface area contributed by atoms with Crippen molar-refractivity contribution in [3.63, 3.8) is 0 Å². The molecular weight excluding hydrogens is 306 g/mol. The summed E-state index contributed by atoms with van der Waals surface area (Å²) < 4.78 is 12.8. The van der Waals surface area contributed by atoms with Gasteiger partial charge in [0.25, 0.3) is 5.91 Å². The Hall–Kier alpha value is -2.08. The third-order valence-electron chi connectivity index (χ3n) is 5.13. The molecule has 0 unspecified atom stereocenters. The predicted octanol–water partition coefficient (Wildman–Crippen LogP) is 2.45. The molecule has 0 N–H and O–H groups in total. The molecule has 1 amide bonds. The first-order chi connectivity index (χ1) is 11.7. The molecule has 0 atom stereocenters. The summed E-state index contributed by atoms with van der Waals surface area (Å²) in [6, 6.07) is 1.72. The molecule has 0 aromatic carbocycles. The van der Waals surface area contributed by atoms with Gasteiger partial charge in [0.15, 0.2) is 0 Å². The molecule has 2 saturated heterocycles. The number of carbonyl (C=O) groups is 1. The van der Waals surface area contributed by atoms with Crippen molar-refractivity contribution in [2.75, 3.05) is 26.3 Å². The van der Waals surface area contributed by atoms with Crippen LogP contribution < -0.4 is 0 Å². The van der Waals surface area contributed by atoms with E-state index in [0.717, 1.165) is 45.7 Å². The summed E-state index contributed by atoms with van der Waals surface area (Å²) in [5.41, 5.74) is 1.84. The first-order valence-electron chi connectivity index (χ1n) is 8.63. The summed E-state index contributed by atoms with van der Waals surface area (Å²) in [5, 5.41) is 0. The molecule has 2 aliphatic heterocycles. The van der Waals surface area contributed by atoms with Crippen molar-refractivity contribution in [2.24, 2.45) is 5.92 Å². The number of carbonyl (C=O) groups excluding carboxylic acids is 1. The average molecular weight is 329 g/mol. The third-order valence-corrected chi connectivity index (χ3v) is 5.13. The van der Waals surface area contributed by atoms with Crippen molar-refractivity contribution in [1.29, 1.82) is 0 Å². The van der Waals surface area contributed by atoms with Gasteiger partial charge in [0.2, 0.25) is 0 Å². The highest BCUT2D eigenvalue weighted by atomic mass is 16.5. The van der Waals surface area contributed by atoms with Gasteiger partial charge in [-0.05, 0) is 25.8 Å². The Morgan fingerprint density at radius 1 is 1.33 bits per heavy atom. The number of likely N-dealkylation sites (tertiary alicyclic amines) is 1. The lowest BCUT2D eigenvalue weighted by Gasteiger charge is -2.40. The Balaban J connectivity index is 1.39. The highest BCUT2D eigenvalue weighted by molar-refractivity contribution is 5.94. The van der Waals surface area contributed by atoms with Crippen molar-refractivity contribution in [3.05, 3.63) is 41.9 Å². The highest BCUT2D eigenvalue weighted by Crippen LogP contribution is 2.29. The Morgan fingerprint density at radius 2 is 2.12 bits per heavy atom. The van der Waals surface area contributed by atoms with Crippen molar-refractivity contribution < 1.29 is 13.9 Å². The van der Waals surface area contributed by atoms with E-state index >= 15 is 0 Å². The van der Waals surface area contributed by atoms with E-state index in [1.54, 1.807) is 12.3 Å². The summed E-state index contributed by atoms with van der Waals surface area (Å²) in [4.78, 5) is 18.8. The maximum Gasteiger partial charge on any atom is 0.257 e. The van der Waals surface area contributed by atoms with Crippen LogP contribution >= 0.6 is 0 Å². The summed E-state index contributed by atoms with van der Waals surface area (Å²) in [5.74, 6) is 2.24. The monoisotopic (exact) mass is 329 g/mol. The van der Waals surface area contributed by atoms with Crippen LogP contribution in [0.5, 0.6) is 0 Å². The van der Waals surface area contributed by atoms with Gasteiger partial charge in [-0.25, -0.2) is 4.98 Å². The molecule has 2 fully saturated rings. The first kappa shape index (κ1) is 15.4. The molecule has 6 nitrogen and oxygen atoms in total. The maximum atomic E-state index is 12.3. The first-order valence-corrected chi connectivity index (χ1v) is 8.63. The molecule has 128 valence electrons. The second-order valence-corrected chi connectivity index (χ2v) is 6.84. The van der Waals surface area contributed by atoms with Crippen LogP contribution in [-0.4, -0.2) is 46.7 Å². The summed E-state index contributed by atoms with van der Waals surface area (Å²) in [6.45, 7) is 6.31. The fourth-order valence-corrected chi connectivity index (χ4v) is 3.68. The number of rotatable bonds is 4. The highest BCUT2D eigenvalue weighted by Gasteiger charge is 2.33. The molecule has 4 heterocycles. The average Bonchev–Trinajstić information content (AvgIpc) is 3.21. The van der Waals surface area contributed by atoms with E-state index in [1.165, 1.54) is 17.8 Å². The van der Waals surface area contributed by atoms with E-state index in [2.05, 4.69) is 16.5 Å². The van der Waals surface area contributed by atoms with Gasteiger partial charge in [-0.3, -0.25) is 4.79 Å². The standard InChI is InChI=1S/C18H23N3O3/c1-13-8-19-17(15-2-5-23-6-3-15)21(13)11-14-9-20(10-14)18(22)16-4-7-24-12-16/h4,7-8,12,14-15H,2-3,5-6,9-11H2,1H3. The van der Waals surface area contributed by atoms with Gasteiger partial charge in [0.1, 0.15) is 12.1 Å². The molecule has 4 rings (SSSR count). The van der Waals surface area contributed by atoms with Gasteiger partial charge in [0.05, 0.1) is 11.8 Å². The topological polar surface area (TPSA) is 60.5 Å². The van der Waals surface area contributed by atoms with Gasteiger partial charge in [-0.1, -0.05) is 0 Å². The second-order valence-electron chi connectivity index (χ2n) is 6.84. The minimum Gasteiger partial charge on any atom is -0.472 e. The van der Waals surface area contributed by atoms with Gasteiger partial charge < -0.3 is 18.6 Å². The number of hydrogen-bond donors (Lipinski definition) is 0. The summed E-state index contributed by atoms with van der Waals surface area (Å²) >= 11 is 0. The van der Waals surface area contributed by atoms with E-state index < -0.39 is 0 Å². The zero-order valence-corrected chi connectivity index (χ0v) is 14.0. The molecule has 0 radical (unpaired) electrons.